The Morgan fingerprint density at radius 3 is 2.30 bits per heavy atom. The number of carbonyl (C=O) groups is 1. The number of carbonyl (C=O) groups excluding carboxylic acids is 1. The molecule has 1 amide bonds. The summed E-state index contributed by atoms with van der Waals surface area (Å²) in [5.74, 6) is -2.18. The van der Waals surface area contributed by atoms with Crippen LogP contribution in [0.15, 0.2) is 47.4 Å². The zero-order valence-electron chi connectivity index (χ0n) is 18.5. The van der Waals surface area contributed by atoms with Crippen molar-refractivity contribution in [3.05, 3.63) is 70.9 Å². The lowest BCUT2D eigenvalue weighted by atomic mass is 10.0. The Kier molecular flexibility index (Phi) is 5.49. The minimum Gasteiger partial charge on any atom is -0.378 e. The number of hydrogen-bond donors (Lipinski definition) is 2. The summed E-state index contributed by atoms with van der Waals surface area (Å²) < 4.78 is 55.0. The molecule has 2 heterocycles. The van der Waals surface area contributed by atoms with E-state index in [-0.39, 0.29) is 12.4 Å². The molecule has 3 aromatic rings. The van der Waals surface area contributed by atoms with E-state index in [0.29, 0.717) is 22.9 Å². The highest BCUT2D eigenvalue weighted by Gasteiger charge is 2.48. The quantitative estimate of drug-likeness (QED) is 0.589. The van der Waals surface area contributed by atoms with Gasteiger partial charge in [0.2, 0.25) is 10.0 Å². The summed E-state index contributed by atoms with van der Waals surface area (Å²) in [4.78, 5) is 14.2. The normalized spacial score (nSPS) is 15.3. The molecule has 0 fully saturated rings. The number of nitrogens with one attached hydrogen (secondary N) is 2. The van der Waals surface area contributed by atoms with Gasteiger partial charge < -0.3 is 10.2 Å². The van der Waals surface area contributed by atoms with Gasteiger partial charge in [-0.1, -0.05) is 0 Å². The van der Waals surface area contributed by atoms with Gasteiger partial charge >= 0.3 is 0 Å². The second kappa shape index (κ2) is 7.92. The Hall–Kier alpha value is -3.31. The molecule has 33 heavy (non-hydrogen) atoms. The number of H-pyrrole nitrogens is 1. The first-order valence-electron chi connectivity index (χ1n) is 10.1. The second-order valence-electron chi connectivity index (χ2n) is 8.50. The lowest BCUT2D eigenvalue weighted by Gasteiger charge is -2.30. The van der Waals surface area contributed by atoms with E-state index in [1.807, 2.05) is 19.0 Å². The van der Waals surface area contributed by atoms with Crippen molar-refractivity contribution >= 4 is 27.4 Å². The van der Waals surface area contributed by atoms with Gasteiger partial charge in [0.15, 0.2) is 5.82 Å². The fraction of sp³-hybridized carbons (Fsp3) is 0.273. The molecule has 1 aliphatic heterocycles. The third kappa shape index (κ3) is 3.98. The highest BCUT2D eigenvalue weighted by molar-refractivity contribution is 7.89. The third-order valence-corrected chi connectivity index (χ3v) is 7.70. The van der Waals surface area contributed by atoms with Gasteiger partial charge in [-0.15, -0.1) is 0 Å². The first-order valence-corrected chi connectivity index (χ1v) is 11.5. The van der Waals surface area contributed by atoms with Crippen LogP contribution in [0.2, 0.25) is 0 Å². The molecule has 11 heteroatoms. The zero-order valence-corrected chi connectivity index (χ0v) is 19.3. The van der Waals surface area contributed by atoms with E-state index < -0.39 is 38.0 Å². The molecule has 0 spiro atoms. The fourth-order valence-corrected chi connectivity index (χ4v) is 5.64. The van der Waals surface area contributed by atoms with Crippen LogP contribution in [0.1, 0.15) is 35.5 Å². The number of aromatic nitrogens is 2. The predicted molar refractivity (Wildman–Crippen MR) is 119 cm³/mol. The fourth-order valence-electron chi connectivity index (χ4n) is 3.88. The lowest BCUT2D eigenvalue weighted by molar-refractivity contribution is 0.102. The van der Waals surface area contributed by atoms with Crippen molar-refractivity contribution in [3.63, 3.8) is 0 Å². The average Bonchev–Trinajstić information content (AvgIpc) is 3.25. The maximum absolute atomic E-state index is 13.7. The van der Waals surface area contributed by atoms with Gasteiger partial charge in [0, 0.05) is 43.5 Å². The molecule has 0 saturated heterocycles. The molecule has 0 radical (unpaired) electrons. The number of amides is 1. The highest BCUT2D eigenvalue weighted by atomic mass is 32.2. The van der Waals surface area contributed by atoms with Crippen LogP contribution in [-0.4, -0.2) is 42.9 Å². The highest BCUT2D eigenvalue weighted by Crippen LogP contribution is 2.43. The van der Waals surface area contributed by atoms with Gasteiger partial charge in [-0.3, -0.25) is 9.89 Å². The van der Waals surface area contributed by atoms with E-state index in [1.165, 1.54) is 0 Å². The number of hydrogen-bond acceptors (Lipinski definition) is 5. The largest absolute Gasteiger partial charge is 0.378 e. The Morgan fingerprint density at radius 1 is 1.12 bits per heavy atom. The molecular formula is C22H23F2N5O3S. The van der Waals surface area contributed by atoms with Crippen molar-refractivity contribution < 1.29 is 22.0 Å². The molecule has 0 atom stereocenters. The van der Waals surface area contributed by atoms with Crippen LogP contribution >= 0.6 is 0 Å². The number of anilines is 2. The van der Waals surface area contributed by atoms with Crippen LogP contribution in [0.25, 0.3) is 0 Å². The third-order valence-electron chi connectivity index (χ3n) is 5.71. The minimum atomic E-state index is -4.25. The Bertz CT molecular complexity index is 1310. The maximum atomic E-state index is 13.7. The first kappa shape index (κ1) is 22.9. The molecule has 1 aliphatic rings. The molecule has 0 unspecified atom stereocenters. The van der Waals surface area contributed by atoms with E-state index in [0.717, 1.165) is 22.1 Å². The van der Waals surface area contributed by atoms with Crippen LogP contribution in [0.3, 0.4) is 0 Å². The summed E-state index contributed by atoms with van der Waals surface area (Å²) in [5, 5.41) is 9.68. The summed E-state index contributed by atoms with van der Waals surface area (Å²) >= 11 is 0. The second-order valence-corrected chi connectivity index (χ2v) is 10.4. The molecule has 8 nitrogen and oxygen atoms in total. The van der Waals surface area contributed by atoms with Crippen molar-refractivity contribution in [2.45, 2.75) is 30.8 Å². The van der Waals surface area contributed by atoms with Crippen molar-refractivity contribution in [1.29, 1.82) is 0 Å². The van der Waals surface area contributed by atoms with Gasteiger partial charge in [0.05, 0.1) is 16.1 Å². The average molecular weight is 476 g/mol. The number of benzene rings is 2. The van der Waals surface area contributed by atoms with Gasteiger partial charge in [0.25, 0.3) is 5.91 Å². The molecule has 4 rings (SSSR count). The lowest BCUT2D eigenvalue weighted by Crippen LogP contribution is -2.40. The Labute approximate surface area is 190 Å². The van der Waals surface area contributed by atoms with Crippen molar-refractivity contribution in [1.82, 2.24) is 14.5 Å². The number of sulfonamides is 1. The molecule has 2 aromatic carbocycles. The molecular weight excluding hydrogens is 452 g/mol. The van der Waals surface area contributed by atoms with Gasteiger partial charge in [0.1, 0.15) is 11.6 Å². The topological polar surface area (TPSA) is 98.4 Å². The van der Waals surface area contributed by atoms with Crippen molar-refractivity contribution in [3.8, 4) is 0 Å². The van der Waals surface area contributed by atoms with Crippen LogP contribution in [-0.2, 0) is 22.1 Å². The number of aromatic amines is 1. The zero-order chi connectivity index (χ0) is 24.1. The van der Waals surface area contributed by atoms with Crippen LogP contribution in [0.4, 0.5) is 20.3 Å². The summed E-state index contributed by atoms with van der Waals surface area (Å²) in [7, 11) is -0.470. The van der Waals surface area contributed by atoms with Gasteiger partial charge in [-0.2, -0.15) is 9.40 Å². The smallest absolute Gasteiger partial charge is 0.256 e. The first-order chi connectivity index (χ1) is 15.4. The van der Waals surface area contributed by atoms with E-state index in [4.69, 9.17) is 0 Å². The maximum Gasteiger partial charge on any atom is 0.256 e. The summed E-state index contributed by atoms with van der Waals surface area (Å²) in [5.41, 5.74) is 1.22. The SMILES string of the molecule is CN(C)c1ccc(C(=O)Nc2n[nH]c3c2CN(S(=O)(=O)c2cc(F)cc(F)c2)C3(C)C)cc1. The Balaban J connectivity index is 1.62. The number of halogens is 2. The molecule has 0 aliphatic carbocycles. The minimum absolute atomic E-state index is 0.130. The van der Waals surface area contributed by atoms with E-state index in [2.05, 4.69) is 15.5 Å². The van der Waals surface area contributed by atoms with Crippen molar-refractivity contribution in [2.75, 3.05) is 24.3 Å². The van der Waals surface area contributed by atoms with Gasteiger partial charge in [-0.25, -0.2) is 17.2 Å². The number of nitrogens with zero attached hydrogens (tertiary/aromatic N) is 3. The molecule has 2 N–H and O–H groups in total. The van der Waals surface area contributed by atoms with E-state index in [1.54, 1.807) is 38.1 Å². The summed E-state index contributed by atoms with van der Waals surface area (Å²) in [6.07, 6.45) is 0. The van der Waals surface area contributed by atoms with Crippen LogP contribution in [0, 0.1) is 11.6 Å². The standard InChI is InChI=1S/C22H23F2N5O3S/c1-22(2)19-18(12-29(22)33(31,32)17-10-14(23)9-15(24)11-17)20(27-26-19)25-21(30)13-5-7-16(8-6-13)28(3)4/h5-11H,12H2,1-4H3,(H2,25,26,27,30). The van der Waals surface area contributed by atoms with Crippen molar-refractivity contribution in [2.24, 2.45) is 0 Å². The van der Waals surface area contributed by atoms with E-state index in [9.17, 15) is 22.0 Å². The van der Waals surface area contributed by atoms with Crippen LogP contribution < -0.4 is 10.2 Å². The van der Waals surface area contributed by atoms with Crippen LogP contribution in [0.5, 0.6) is 0 Å². The summed E-state index contributed by atoms with van der Waals surface area (Å²) in [6, 6.07) is 9.13. The Morgan fingerprint density at radius 2 is 1.73 bits per heavy atom. The van der Waals surface area contributed by atoms with E-state index >= 15 is 0 Å². The summed E-state index contributed by atoms with van der Waals surface area (Å²) in [6.45, 7) is 3.17. The van der Waals surface area contributed by atoms with Gasteiger partial charge in [-0.05, 0) is 50.2 Å². The monoisotopic (exact) mass is 475 g/mol. The molecule has 1 aromatic heterocycles. The number of rotatable bonds is 5. The molecule has 174 valence electrons. The molecule has 0 bridgehead atoms. The predicted octanol–water partition coefficient (Wildman–Crippen LogP) is 3.45. The molecule has 0 saturated carbocycles. The number of fused-ring (bicyclic) bond motifs is 1.